The molecule has 0 bridgehead atoms. The maximum Gasteiger partial charge on any atom is 0.251 e. The first kappa shape index (κ1) is 12.1. The molecule has 0 saturated heterocycles. The van der Waals surface area contributed by atoms with Crippen LogP contribution in [0.2, 0.25) is 0 Å². The van der Waals surface area contributed by atoms with Gasteiger partial charge in [0, 0.05) is 18.7 Å². The summed E-state index contributed by atoms with van der Waals surface area (Å²) in [6.45, 7) is 3.76. The monoisotopic (exact) mass is 234 g/mol. The Hall–Kier alpha value is -1.39. The van der Waals surface area contributed by atoms with Crippen molar-refractivity contribution in [3.8, 4) is 0 Å². The molecule has 0 aromatic heterocycles. The second-order valence-electron chi connectivity index (χ2n) is 4.47. The molecule has 1 aromatic carbocycles. The first-order chi connectivity index (χ1) is 8.16. The van der Waals surface area contributed by atoms with Crippen LogP contribution in [0, 0.1) is 0 Å². The Morgan fingerprint density at radius 2 is 2.35 bits per heavy atom. The predicted molar refractivity (Wildman–Crippen MR) is 65.9 cm³/mol. The van der Waals surface area contributed by atoms with Crippen molar-refractivity contribution in [1.29, 1.82) is 0 Å². The van der Waals surface area contributed by atoms with Gasteiger partial charge in [-0.15, -0.1) is 0 Å². The number of amides is 1. The molecule has 1 heterocycles. The van der Waals surface area contributed by atoms with E-state index in [9.17, 15) is 4.79 Å². The molecule has 2 rings (SSSR count). The largest absolute Gasteiger partial charge is 0.392 e. The summed E-state index contributed by atoms with van der Waals surface area (Å²) in [5, 5.41) is 15.1. The van der Waals surface area contributed by atoms with Gasteiger partial charge in [0.1, 0.15) is 0 Å². The number of benzene rings is 1. The number of nitrogens with one attached hydrogen (secondary N) is 2. The van der Waals surface area contributed by atoms with Crippen LogP contribution in [0.3, 0.4) is 0 Å². The molecule has 0 aliphatic carbocycles. The molecule has 0 spiro atoms. The fourth-order valence-corrected chi connectivity index (χ4v) is 1.96. The zero-order chi connectivity index (χ0) is 12.3. The molecule has 92 valence electrons. The van der Waals surface area contributed by atoms with E-state index >= 15 is 0 Å². The molecule has 1 aromatic rings. The van der Waals surface area contributed by atoms with Crippen molar-refractivity contribution in [2.75, 3.05) is 13.1 Å². The fraction of sp³-hybridized carbons (Fsp3) is 0.462. The van der Waals surface area contributed by atoms with Gasteiger partial charge in [-0.2, -0.15) is 0 Å². The fourth-order valence-electron chi connectivity index (χ4n) is 1.96. The number of aliphatic hydroxyl groups is 1. The maximum atomic E-state index is 11.8. The molecular formula is C13H18N2O2. The predicted octanol–water partition coefficient (Wildman–Crippen LogP) is 0.443. The third-order valence-corrected chi connectivity index (χ3v) is 2.91. The van der Waals surface area contributed by atoms with Crippen molar-refractivity contribution in [3.63, 3.8) is 0 Å². The average Bonchev–Trinajstić information content (AvgIpc) is 2.35. The number of rotatable bonds is 3. The van der Waals surface area contributed by atoms with Crippen LogP contribution >= 0.6 is 0 Å². The van der Waals surface area contributed by atoms with Crippen molar-refractivity contribution in [1.82, 2.24) is 10.6 Å². The van der Waals surface area contributed by atoms with Gasteiger partial charge in [0.05, 0.1) is 6.10 Å². The molecule has 3 N–H and O–H groups in total. The molecule has 1 aliphatic rings. The van der Waals surface area contributed by atoms with E-state index in [1.807, 2.05) is 18.2 Å². The number of fused-ring (bicyclic) bond motifs is 1. The highest BCUT2D eigenvalue weighted by molar-refractivity contribution is 5.94. The molecular weight excluding hydrogens is 216 g/mol. The standard InChI is InChI=1S/C13H18N2O2/c1-9(16)7-15-13(17)11-3-2-10-4-5-14-8-12(10)6-11/h2-3,6,9,14,16H,4-5,7-8H2,1H3,(H,15,17)/t9-/m0/s1. The van der Waals surface area contributed by atoms with Crippen molar-refractivity contribution in [2.24, 2.45) is 0 Å². The molecule has 17 heavy (non-hydrogen) atoms. The van der Waals surface area contributed by atoms with Crippen LogP contribution < -0.4 is 10.6 Å². The molecule has 4 heteroatoms. The number of hydrogen-bond donors (Lipinski definition) is 3. The van der Waals surface area contributed by atoms with Crippen LogP contribution in [-0.4, -0.2) is 30.2 Å². The van der Waals surface area contributed by atoms with Gasteiger partial charge in [-0.3, -0.25) is 4.79 Å². The minimum absolute atomic E-state index is 0.126. The summed E-state index contributed by atoms with van der Waals surface area (Å²) in [5.41, 5.74) is 3.17. The second-order valence-corrected chi connectivity index (χ2v) is 4.47. The van der Waals surface area contributed by atoms with Gasteiger partial charge >= 0.3 is 0 Å². The van der Waals surface area contributed by atoms with E-state index in [2.05, 4.69) is 10.6 Å². The normalized spacial score (nSPS) is 16.1. The van der Waals surface area contributed by atoms with E-state index in [1.165, 1.54) is 11.1 Å². The molecule has 0 radical (unpaired) electrons. The van der Waals surface area contributed by atoms with Gasteiger partial charge in [0.25, 0.3) is 5.91 Å². The van der Waals surface area contributed by atoms with E-state index in [0.717, 1.165) is 19.5 Å². The quantitative estimate of drug-likeness (QED) is 0.711. The van der Waals surface area contributed by atoms with Gasteiger partial charge in [-0.1, -0.05) is 6.07 Å². The highest BCUT2D eigenvalue weighted by Crippen LogP contribution is 2.15. The van der Waals surface area contributed by atoms with Crippen LogP contribution in [0.25, 0.3) is 0 Å². The lowest BCUT2D eigenvalue weighted by Gasteiger charge is -2.17. The van der Waals surface area contributed by atoms with Gasteiger partial charge in [-0.25, -0.2) is 0 Å². The smallest absolute Gasteiger partial charge is 0.251 e. The number of hydrogen-bond acceptors (Lipinski definition) is 3. The van der Waals surface area contributed by atoms with Crippen molar-refractivity contribution in [2.45, 2.75) is 26.0 Å². The van der Waals surface area contributed by atoms with Crippen molar-refractivity contribution in [3.05, 3.63) is 34.9 Å². The van der Waals surface area contributed by atoms with E-state index < -0.39 is 6.10 Å². The third kappa shape index (κ3) is 3.05. The van der Waals surface area contributed by atoms with Gasteiger partial charge in [0.2, 0.25) is 0 Å². The summed E-state index contributed by atoms with van der Waals surface area (Å²) in [5.74, 6) is -0.126. The summed E-state index contributed by atoms with van der Waals surface area (Å²) >= 11 is 0. The second kappa shape index (κ2) is 5.29. The molecule has 1 amide bonds. The first-order valence-electron chi connectivity index (χ1n) is 5.95. The van der Waals surface area contributed by atoms with Gasteiger partial charge < -0.3 is 15.7 Å². The molecule has 1 atom stereocenters. The maximum absolute atomic E-state index is 11.8. The van der Waals surface area contributed by atoms with Crippen LogP contribution in [-0.2, 0) is 13.0 Å². The van der Waals surface area contributed by atoms with Crippen LogP contribution in [0.4, 0.5) is 0 Å². The molecule has 1 aliphatic heterocycles. The van der Waals surface area contributed by atoms with E-state index in [1.54, 1.807) is 6.92 Å². The lowest BCUT2D eigenvalue weighted by molar-refractivity contribution is 0.0924. The summed E-state index contributed by atoms with van der Waals surface area (Å²) in [7, 11) is 0. The van der Waals surface area contributed by atoms with Crippen LogP contribution in [0.1, 0.15) is 28.4 Å². The number of carbonyl (C=O) groups is 1. The summed E-state index contributed by atoms with van der Waals surface area (Å²) in [4.78, 5) is 11.8. The molecule has 4 nitrogen and oxygen atoms in total. The number of carbonyl (C=O) groups excluding carboxylic acids is 1. The van der Waals surface area contributed by atoms with Crippen molar-refractivity contribution >= 4 is 5.91 Å². The highest BCUT2D eigenvalue weighted by Gasteiger charge is 2.12. The van der Waals surface area contributed by atoms with Crippen LogP contribution in [0.15, 0.2) is 18.2 Å². The zero-order valence-electron chi connectivity index (χ0n) is 9.99. The number of aliphatic hydroxyl groups excluding tert-OH is 1. The van der Waals surface area contributed by atoms with E-state index in [-0.39, 0.29) is 12.5 Å². The Bertz CT molecular complexity index is 416. The summed E-state index contributed by atoms with van der Waals surface area (Å²) < 4.78 is 0. The van der Waals surface area contributed by atoms with Gasteiger partial charge in [0.15, 0.2) is 0 Å². The van der Waals surface area contributed by atoms with Crippen LogP contribution in [0.5, 0.6) is 0 Å². The summed E-state index contributed by atoms with van der Waals surface area (Å²) in [6, 6.07) is 5.80. The Balaban J connectivity index is 2.08. The minimum Gasteiger partial charge on any atom is -0.392 e. The highest BCUT2D eigenvalue weighted by atomic mass is 16.3. The molecule has 0 saturated carbocycles. The molecule has 0 fully saturated rings. The Morgan fingerprint density at radius 1 is 1.53 bits per heavy atom. The SMILES string of the molecule is C[C@H](O)CNC(=O)c1ccc2c(c1)CNCC2. The van der Waals surface area contributed by atoms with E-state index in [4.69, 9.17) is 5.11 Å². The van der Waals surface area contributed by atoms with E-state index in [0.29, 0.717) is 5.56 Å². The minimum atomic E-state index is -0.516. The summed E-state index contributed by atoms with van der Waals surface area (Å²) in [6.07, 6.45) is 0.503. The topological polar surface area (TPSA) is 61.4 Å². The third-order valence-electron chi connectivity index (χ3n) is 2.91. The zero-order valence-corrected chi connectivity index (χ0v) is 9.99. The molecule has 0 unspecified atom stereocenters. The Morgan fingerprint density at radius 3 is 3.12 bits per heavy atom. The lowest BCUT2D eigenvalue weighted by Crippen LogP contribution is -2.31. The Kier molecular flexibility index (Phi) is 3.76. The average molecular weight is 234 g/mol. The van der Waals surface area contributed by atoms with Gasteiger partial charge in [-0.05, 0) is 43.1 Å². The Labute approximate surface area is 101 Å². The first-order valence-corrected chi connectivity index (χ1v) is 5.95. The van der Waals surface area contributed by atoms with Crippen molar-refractivity contribution < 1.29 is 9.90 Å². The lowest BCUT2D eigenvalue weighted by atomic mass is 9.98.